The third-order valence-electron chi connectivity index (χ3n) is 8.76. The molecule has 3 aromatic rings. The number of hydrogen-bond acceptors (Lipinski definition) is 8. The smallest absolute Gasteiger partial charge is 0.511 e. The Kier molecular flexibility index (Phi) is 11.4. The Balaban J connectivity index is 1.25. The minimum Gasteiger partial charge on any atom is -0.511 e. The Labute approximate surface area is 288 Å². The van der Waals surface area contributed by atoms with Gasteiger partial charge in [-0.15, -0.1) is 11.8 Å². The fraction of sp³-hybridized carbons (Fsp3) is 0.289. The molecule has 10 heteroatoms. The highest BCUT2D eigenvalue weighted by atomic mass is 32.2. The molecule has 0 saturated carbocycles. The van der Waals surface area contributed by atoms with Crippen molar-refractivity contribution < 1.29 is 23.9 Å². The number of fused-ring (bicyclic) bond motifs is 1. The maximum Gasteiger partial charge on any atom is 0.563 e. The summed E-state index contributed by atoms with van der Waals surface area (Å²) >= 11 is 1.68. The molecule has 0 fully saturated rings. The van der Waals surface area contributed by atoms with Gasteiger partial charge in [0.15, 0.2) is 5.84 Å². The second-order valence-electron chi connectivity index (χ2n) is 12.0. The monoisotopic (exact) mass is 662 g/mol. The highest BCUT2D eigenvalue weighted by Crippen LogP contribution is 2.49. The first-order valence-electron chi connectivity index (χ1n) is 16.2. The zero-order chi connectivity index (χ0) is 34.1. The molecule has 2 aliphatic rings. The number of rotatable bonds is 13. The number of Topliss-reactive ketones (excluding diaryl/α,β-unsaturated/α-hetero) is 1. The predicted octanol–water partition coefficient (Wildman–Crippen LogP) is 5.48. The quantitative estimate of drug-likeness (QED) is 0.108. The number of ether oxygens (including phenoxy) is 1. The summed E-state index contributed by atoms with van der Waals surface area (Å²) in [6, 6.07) is 28.2. The van der Waals surface area contributed by atoms with E-state index in [4.69, 9.17) is 15.1 Å². The van der Waals surface area contributed by atoms with E-state index in [1.165, 1.54) is 0 Å². The molecule has 0 aromatic heterocycles. The molecule has 2 heterocycles. The van der Waals surface area contributed by atoms with Crippen LogP contribution in [-0.4, -0.2) is 71.0 Å². The van der Waals surface area contributed by atoms with E-state index >= 15 is 0 Å². The van der Waals surface area contributed by atoms with E-state index in [-0.39, 0.29) is 12.3 Å². The second kappa shape index (κ2) is 15.7. The van der Waals surface area contributed by atoms with Gasteiger partial charge in [-0.1, -0.05) is 84.6 Å². The molecule has 248 valence electrons. The molecule has 3 N–H and O–H groups in total. The van der Waals surface area contributed by atoms with Crippen molar-refractivity contribution in [2.45, 2.75) is 43.9 Å². The van der Waals surface area contributed by atoms with Crippen LogP contribution in [-0.2, 0) is 14.2 Å². The summed E-state index contributed by atoms with van der Waals surface area (Å²) in [5.41, 5.74) is 11.6. The molecule has 5 rings (SSSR count). The first kappa shape index (κ1) is 34.9. The lowest BCUT2D eigenvalue weighted by Gasteiger charge is -2.36. The van der Waals surface area contributed by atoms with E-state index in [0.717, 1.165) is 33.7 Å². The molecule has 0 amide bonds. The molecule has 0 bridgehead atoms. The Bertz CT molecular complexity index is 1730. The van der Waals surface area contributed by atoms with Gasteiger partial charge < -0.3 is 25.0 Å². The van der Waals surface area contributed by atoms with Crippen LogP contribution in [0.3, 0.4) is 0 Å². The number of ketones is 1. The van der Waals surface area contributed by atoms with Gasteiger partial charge in [0.2, 0.25) is 0 Å². The second-order valence-corrected chi connectivity index (χ2v) is 13.3. The van der Waals surface area contributed by atoms with Crippen LogP contribution in [0.5, 0.6) is 5.75 Å². The molecule has 3 aromatic carbocycles. The highest BCUT2D eigenvalue weighted by Gasteiger charge is 2.53. The number of allylic oxidation sites excluding steroid dienone is 2. The van der Waals surface area contributed by atoms with Gasteiger partial charge in [0, 0.05) is 44.5 Å². The Morgan fingerprint density at radius 1 is 1.00 bits per heavy atom. The predicted molar refractivity (Wildman–Crippen MR) is 196 cm³/mol. The molecular formula is C38H43BN4O4S. The number of carbonyl (C=O) groups is 1. The van der Waals surface area contributed by atoms with Gasteiger partial charge in [-0.25, -0.2) is 0 Å². The van der Waals surface area contributed by atoms with Gasteiger partial charge in [0.1, 0.15) is 17.2 Å². The number of aliphatic hydroxyl groups is 1. The lowest BCUT2D eigenvalue weighted by atomic mass is 9.64. The first-order chi connectivity index (χ1) is 23.3. The summed E-state index contributed by atoms with van der Waals surface area (Å²) in [5, 5.41) is 14.9. The molecule has 8 nitrogen and oxygen atoms in total. The van der Waals surface area contributed by atoms with Crippen LogP contribution >= 0.6 is 11.8 Å². The van der Waals surface area contributed by atoms with Gasteiger partial charge in [0.25, 0.3) is 0 Å². The Morgan fingerprint density at radius 3 is 2.19 bits per heavy atom. The van der Waals surface area contributed by atoms with Gasteiger partial charge in [-0.05, 0) is 65.8 Å². The number of nitrogens with two attached hydrogens (primary N) is 1. The average molecular weight is 663 g/mol. The van der Waals surface area contributed by atoms with E-state index in [9.17, 15) is 9.90 Å². The van der Waals surface area contributed by atoms with Crippen molar-refractivity contribution in [1.82, 2.24) is 4.81 Å². The fourth-order valence-electron chi connectivity index (χ4n) is 6.20. The van der Waals surface area contributed by atoms with Crippen molar-refractivity contribution in [1.29, 1.82) is 0 Å². The van der Waals surface area contributed by atoms with Crippen molar-refractivity contribution >= 4 is 35.7 Å². The van der Waals surface area contributed by atoms with Crippen LogP contribution in [0.25, 0.3) is 0 Å². The van der Waals surface area contributed by atoms with Crippen LogP contribution in [0.2, 0.25) is 0 Å². The summed E-state index contributed by atoms with van der Waals surface area (Å²) in [6.07, 6.45) is 7.14. The van der Waals surface area contributed by atoms with Crippen molar-refractivity contribution in [3.63, 3.8) is 0 Å². The summed E-state index contributed by atoms with van der Waals surface area (Å²) in [5.74, 6) is 8.32. The molecule has 0 aliphatic carbocycles. The number of hydrazone groups is 1. The SMILES string of the molecule is COc1ccc(C(SC[C@H](N)C(=O)CCCC#CC2=CN3C(=N[N+](=C(C)C)[B-]3(CO)OC)C=C2)(c2ccccc2)c2ccccc2)cc1. The standard InChI is InChI=1S/C38H43BN4O4S/c1-29(2)43-39(28-44,47-4)42-26-30(20-25-37(42)41-43)14-8-5-13-19-36(45)35(40)27-48-38(31-15-9-6-10-16-31,32-17-11-7-12-18-32)33-21-23-34(46-3)24-22-33/h6-7,9-12,15-18,20-26,35,44H,5,13,19,27-28,40H2,1-4H3/t35-,39?/m0/s1. The number of aliphatic hydroxyl groups excluding tert-OH is 1. The topological polar surface area (TPSA) is 100 Å². The normalized spacial score (nSPS) is 17.5. The average Bonchev–Trinajstić information content (AvgIpc) is 3.47. The van der Waals surface area contributed by atoms with Crippen molar-refractivity contribution in [2.75, 3.05) is 26.5 Å². The molecule has 1 unspecified atom stereocenters. The summed E-state index contributed by atoms with van der Waals surface area (Å²) in [4.78, 5) is 15.1. The van der Waals surface area contributed by atoms with E-state index in [2.05, 4.69) is 53.3 Å². The van der Waals surface area contributed by atoms with Crippen LogP contribution in [0.1, 0.15) is 49.8 Å². The van der Waals surface area contributed by atoms with Gasteiger partial charge >= 0.3 is 6.62 Å². The number of thioether (sulfide) groups is 1. The minimum atomic E-state index is -1.95. The molecule has 2 aliphatic heterocycles. The van der Waals surface area contributed by atoms with Gasteiger partial charge in [0.05, 0.1) is 17.9 Å². The Morgan fingerprint density at radius 2 is 1.62 bits per heavy atom. The molecule has 48 heavy (non-hydrogen) atoms. The zero-order valence-corrected chi connectivity index (χ0v) is 28.8. The molecular weight excluding hydrogens is 619 g/mol. The number of methoxy groups -OCH3 is 1. The maximum absolute atomic E-state index is 13.3. The van der Waals surface area contributed by atoms with Crippen LogP contribution in [0, 0.1) is 11.8 Å². The summed E-state index contributed by atoms with van der Waals surface area (Å²) in [6.45, 7) is 1.68. The summed E-state index contributed by atoms with van der Waals surface area (Å²) in [7, 11) is 3.24. The lowest BCUT2D eigenvalue weighted by molar-refractivity contribution is -0.425. The first-order valence-corrected chi connectivity index (χ1v) is 17.1. The molecule has 0 radical (unpaired) electrons. The number of amidine groups is 1. The van der Waals surface area contributed by atoms with E-state index in [0.29, 0.717) is 30.9 Å². The van der Waals surface area contributed by atoms with Gasteiger partial charge in [-0.2, -0.15) is 0 Å². The summed E-state index contributed by atoms with van der Waals surface area (Å²) < 4.78 is 12.4. The van der Waals surface area contributed by atoms with Crippen LogP contribution < -0.4 is 10.5 Å². The molecule has 2 atom stereocenters. The Hall–Kier alpha value is -4.40. The maximum atomic E-state index is 13.3. The largest absolute Gasteiger partial charge is 0.563 e. The fourth-order valence-corrected chi connectivity index (χ4v) is 7.72. The lowest BCUT2D eigenvalue weighted by Crippen LogP contribution is -2.62. The van der Waals surface area contributed by atoms with E-state index in [1.807, 2.05) is 85.5 Å². The number of carbonyl (C=O) groups excluding carboxylic acids is 1. The van der Waals surface area contributed by atoms with Crippen LogP contribution in [0.15, 0.2) is 114 Å². The van der Waals surface area contributed by atoms with E-state index in [1.54, 1.807) is 30.6 Å². The van der Waals surface area contributed by atoms with Crippen molar-refractivity contribution in [2.24, 2.45) is 10.8 Å². The molecule has 0 saturated heterocycles. The minimum absolute atomic E-state index is 0.0190. The van der Waals surface area contributed by atoms with Crippen LogP contribution in [0.4, 0.5) is 0 Å². The molecule has 0 spiro atoms. The van der Waals surface area contributed by atoms with E-state index < -0.39 is 17.4 Å². The number of hydrogen-bond donors (Lipinski definition) is 2. The third-order valence-corrected chi connectivity index (χ3v) is 10.4. The van der Waals surface area contributed by atoms with Crippen molar-refractivity contribution in [3.8, 4) is 17.6 Å². The number of unbranched alkanes of at least 4 members (excludes halogenated alkanes) is 1. The van der Waals surface area contributed by atoms with Crippen molar-refractivity contribution in [3.05, 3.63) is 126 Å². The highest BCUT2D eigenvalue weighted by molar-refractivity contribution is 8.00. The zero-order valence-electron chi connectivity index (χ0n) is 28.0. The number of benzene rings is 3. The number of nitrogens with zero attached hydrogens (tertiary/aromatic N) is 3. The van der Waals surface area contributed by atoms with Gasteiger partial charge in [-0.3, -0.25) is 9.39 Å². The third kappa shape index (κ3) is 7.06.